The Balaban J connectivity index is 1.30. The molecule has 0 saturated heterocycles. The summed E-state index contributed by atoms with van der Waals surface area (Å²) < 4.78 is 5.47. The van der Waals surface area contributed by atoms with Gasteiger partial charge in [0.1, 0.15) is 0 Å². The number of hydrogen-bond acceptors (Lipinski definition) is 6. The van der Waals surface area contributed by atoms with E-state index in [4.69, 9.17) is 4.52 Å². The zero-order valence-electron chi connectivity index (χ0n) is 18.5. The van der Waals surface area contributed by atoms with Gasteiger partial charge in [0.05, 0.1) is 28.5 Å². The molecule has 8 heteroatoms. The fourth-order valence-corrected chi connectivity index (χ4v) is 4.27. The van der Waals surface area contributed by atoms with E-state index >= 15 is 0 Å². The lowest BCUT2D eigenvalue weighted by Crippen LogP contribution is -2.30. The number of nitrogens with one attached hydrogen (secondary N) is 1. The summed E-state index contributed by atoms with van der Waals surface area (Å²) in [4.78, 5) is 32.0. The molecule has 1 aliphatic heterocycles. The van der Waals surface area contributed by atoms with Crippen LogP contribution in [0.2, 0.25) is 0 Å². The van der Waals surface area contributed by atoms with Gasteiger partial charge in [-0.2, -0.15) is 10.1 Å². The number of imide groups is 1. The summed E-state index contributed by atoms with van der Waals surface area (Å²) in [7, 11) is 0. The number of carbonyl (C=O) groups is 2. The predicted molar refractivity (Wildman–Crippen MR) is 126 cm³/mol. The second-order valence-corrected chi connectivity index (χ2v) is 8.48. The predicted octanol–water partition coefficient (Wildman–Crippen LogP) is 4.62. The van der Waals surface area contributed by atoms with Crippen LogP contribution >= 0.6 is 0 Å². The minimum Gasteiger partial charge on any atom is -0.334 e. The number of H-pyrrole nitrogens is 1. The largest absolute Gasteiger partial charge is 0.334 e. The lowest BCUT2D eigenvalue weighted by Gasteiger charge is -2.17. The Bertz CT molecular complexity index is 1610. The molecule has 0 bridgehead atoms. The van der Waals surface area contributed by atoms with Crippen molar-refractivity contribution >= 4 is 28.4 Å². The number of anilines is 1. The lowest BCUT2D eigenvalue weighted by atomic mass is 10.1. The van der Waals surface area contributed by atoms with Gasteiger partial charge < -0.3 is 4.52 Å². The van der Waals surface area contributed by atoms with Gasteiger partial charge in [-0.05, 0) is 60.9 Å². The number of aromatic amines is 1. The lowest BCUT2D eigenvalue weighted by molar-refractivity contribution is 0.0926. The number of rotatable bonds is 4. The van der Waals surface area contributed by atoms with Crippen molar-refractivity contribution in [3.05, 3.63) is 94.4 Å². The summed E-state index contributed by atoms with van der Waals surface area (Å²) in [6.07, 6.45) is 2.26. The third-order valence-electron chi connectivity index (χ3n) is 6.08. The van der Waals surface area contributed by atoms with Crippen LogP contribution in [0.1, 0.15) is 43.2 Å². The average molecular weight is 449 g/mol. The molecule has 5 aromatic rings. The van der Waals surface area contributed by atoms with E-state index in [0.29, 0.717) is 40.5 Å². The van der Waals surface area contributed by atoms with Crippen LogP contribution in [0.5, 0.6) is 0 Å². The van der Waals surface area contributed by atoms with Crippen molar-refractivity contribution in [3.8, 4) is 11.5 Å². The molecule has 0 saturated carbocycles. The topological polar surface area (TPSA) is 105 Å². The number of hydrogen-bond donors (Lipinski definition) is 1. The van der Waals surface area contributed by atoms with Crippen molar-refractivity contribution in [2.75, 3.05) is 4.90 Å². The number of aromatic nitrogens is 4. The second-order valence-electron chi connectivity index (χ2n) is 8.48. The molecule has 6 rings (SSSR count). The Labute approximate surface area is 194 Å². The maximum atomic E-state index is 13.2. The molecule has 1 N–H and O–H groups in total. The summed E-state index contributed by atoms with van der Waals surface area (Å²) in [5.74, 6) is 0.128. The van der Waals surface area contributed by atoms with E-state index in [-0.39, 0.29) is 11.8 Å². The molecule has 3 heterocycles. The number of benzene rings is 3. The Morgan fingerprint density at radius 2 is 1.79 bits per heavy atom. The molecule has 8 nitrogen and oxygen atoms in total. The van der Waals surface area contributed by atoms with Crippen molar-refractivity contribution < 1.29 is 14.1 Å². The van der Waals surface area contributed by atoms with Gasteiger partial charge in [0.15, 0.2) is 5.82 Å². The van der Waals surface area contributed by atoms with Gasteiger partial charge in [-0.1, -0.05) is 29.4 Å². The molecule has 0 aliphatic carbocycles. The first-order chi connectivity index (χ1) is 16.5. The highest BCUT2D eigenvalue weighted by Gasteiger charge is 2.37. The van der Waals surface area contributed by atoms with Crippen molar-refractivity contribution in [2.24, 2.45) is 0 Å². The van der Waals surface area contributed by atoms with E-state index in [1.807, 2.05) is 50.2 Å². The Hall–Kier alpha value is -4.59. The van der Waals surface area contributed by atoms with Crippen LogP contribution < -0.4 is 4.90 Å². The third kappa shape index (κ3) is 3.19. The summed E-state index contributed by atoms with van der Waals surface area (Å²) in [6, 6.07) is 16.7. The second kappa shape index (κ2) is 7.48. The summed E-state index contributed by atoms with van der Waals surface area (Å²) >= 11 is 0. The summed E-state index contributed by atoms with van der Waals surface area (Å²) in [5.41, 5.74) is 5.67. The quantitative estimate of drug-likeness (QED) is 0.402. The normalized spacial score (nSPS) is 13.2. The van der Waals surface area contributed by atoms with Crippen LogP contribution in [-0.2, 0) is 6.42 Å². The zero-order chi connectivity index (χ0) is 23.4. The van der Waals surface area contributed by atoms with Crippen LogP contribution in [0.4, 0.5) is 5.69 Å². The monoisotopic (exact) mass is 449 g/mol. The molecule has 1 aliphatic rings. The summed E-state index contributed by atoms with van der Waals surface area (Å²) in [5, 5.41) is 12.1. The average Bonchev–Trinajstić information content (AvgIpc) is 3.55. The van der Waals surface area contributed by atoms with Gasteiger partial charge in [0, 0.05) is 17.4 Å². The van der Waals surface area contributed by atoms with Gasteiger partial charge >= 0.3 is 0 Å². The third-order valence-corrected chi connectivity index (χ3v) is 6.08. The van der Waals surface area contributed by atoms with E-state index in [1.54, 1.807) is 24.4 Å². The fraction of sp³-hybridized carbons (Fsp3) is 0.115. The van der Waals surface area contributed by atoms with Crippen molar-refractivity contribution in [1.82, 2.24) is 20.3 Å². The maximum absolute atomic E-state index is 13.2. The Morgan fingerprint density at radius 3 is 2.68 bits per heavy atom. The Kier molecular flexibility index (Phi) is 4.41. The number of carbonyl (C=O) groups excluding carboxylic acids is 2. The number of fused-ring (bicyclic) bond motifs is 2. The highest BCUT2D eigenvalue weighted by Crippen LogP contribution is 2.33. The molecule has 3 aromatic carbocycles. The molecule has 2 amide bonds. The molecule has 166 valence electrons. The van der Waals surface area contributed by atoms with Crippen LogP contribution in [0.15, 0.2) is 65.3 Å². The fourth-order valence-electron chi connectivity index (χ4n) is 4.27. The highest BCUT2D eigenvalue weighted by atomic mass is 16.5. The standard InChI is InChI=1S/C26H19N5O3/c1-14-3-4-15(2)22(9-14)31-25(32)19-8-7-17(12-20(19)26(31)33)24-28-23(30-34-24)11-16-5-6-18-13-27-29-21(18)10-16/h3-10,12-13H,11H2,1-2H3,(H,27,29). The molecule has 34 heavy (non-hydrogen) atoms. The molecule has 0 fully saturated rings. The van der Waals surface area contributed by atoms with Crippen molar-refractivity contribution in [1.29, 1.82) is 0 Å². The molecule has 0 spiro atoms. The number of amides is 2. The first-order valence-corrected chi connectivity index (χ1v) is 10.8. The van der Waals surface area contributed by atoms with Crippen LogP contribution in [0.3, 0.4) is 0 Å². The molecule has 0 atom stereocenters. The number of aryl methyl sites for hydroxylation is 2. The smallest absolute Gasteiger partial charge is 0.266 e. The zero-order valence-corrected chi connectivity index (χ0v) is 18.5. The first kappa shape index (κ1) is 20.0. The minimum atomic E-state index is -0.358. The summed E-state index contributed by atoms with van der Waals surface area (Å²) in [6.45, 7) is 3.81. The van der Waals surface area contributed by atoms with Crippen LogP contribution in [0.25, 0.3) is 22.4 Å². The molecule has 2 aromatic heterocycles. The van der Waals surface area contributed by atoms with E-state index < -0.39 is 0 Å². The van der Waals surface area contributed by atoms with Crippen LogP contribution in [0, 0.1) is 13.8 Å². The molecule has 0 unspecified atom stereocenters. The van der Waals surface area contributed by atoms with Gasteiger partial charge in [-0.25, -0.2) is 4.90 Å². The van der Waals surface area contributed by atoms with Gasteiger partial charge in [-0.3, -0.25) is 14.7 Å². The number of nitrogens with zero attached hydrogens (tertiary/aromatic N) is 4. The van der Waals surface area contributed by atoms with E-state index in [2.05, 4.69) is 20.3 Å². The van der Waals surface area contributed by atoms with Gasteiger partial charge in [0.25, 0.3) is 17.7 Å². The van der Waals surface area contributed by atoms with E-state index in [9.17, 15) is 9.59 Å². The first-order valence-electron chi connectivity index (χ1n) is 10.8. The molecule has 0 radical (unpaired) electrons. The van der Waals surface area contributed by atoms with Gasteiger partial charge in [0.2, 0.25) is 0 Å². The van der Waals surface area contributed by atoms with Gasteiger partial charge in [-0.15, -0.1) is 0 Å². The maximum Gasteiger partial charge on any atom is 0.266 e. The van der Waals surface area contributed by atoms with Crippen LogP contribution in [-0.4, -0.2) is 32.2 Å². The van der Waals surface area contributed by atoms with E-state index in [1.165, 1.54) is 4.90 Å². The Morgan fingerprint density at radius 1 is 0.941 bits per heavy atom. The van der Waals surface area contributed by atoms with E-state index in [0.717, 1.165) is 27.6 Å². The van der Waals surface area contributed by atoms with Crippen molar-refractivity contribution in [2.45, 2.75) is 20.3 Å². The highest BCUT2D eigenvalue weighted by molar-refractivity contribution is 6.34. The SMILES string of the molecule is Cc1ccc(C)c(N2C(=O)c3ccc(-c4nc(Cc5ccc6cn[nH]c6c5)no4)cc3C2=O)c1. The minimum absolute atomic E-state index is 0.297. The molecular weight excluding hydrogens is 430 g/mol. The molecular formula is C26H19N5O3. The van der Waals surface area contributed by atoms with Crippen molar-refractivity contribution in [3.63, 3.8) is 0 Å².